The van der Waals surface area contributed by atoms with Crippen molar-refractivity contribution >= 4 is 8.93 Å². The van der Waals surface area contributed by atoms with Crippen molar-refractivity contribution in [2.45, 2.75) is 12.7 Å². The zero-order valence-electron chi connectivity index (χ0n) is 6.80. The molecule has 0 heterocycles. The Morgan fingerprint density at radius 2 is 1.91 bits per heavy atom. The summed E-state index contributed by atoms with van der Waals surface area (Å²) < 4.78 is 0. The molecule has 0 N–H and O–H groups in total. The molecule has 0 saturated heterocycles. The topological polar surface area (TPSA) is 0 Å². The van der Waals surface area contributed by atoms with Crippen molar-refractivity contribution in [3.63, 3.8) is 0 Å². The predicted molar refractivity (Wildman–Crippen MR) is 48.4 cm³/mol. The fraction of sp³-hybridized carbons (Fsp3) is 0.333. The van der Waals surface area contributed by atoms with Crippen LogP contribution in [0.3, 0.4) is 0 Å². The summed E-state index contributed by atoms with van der Waals surface area (Å²) >= 11 is 0.390. The molecule has 1 aromatic carbocycles. The van der Waals surface area contributed by atoms with E-state index in [2.05, 4.69) is 45.1 Å². The first kappa shape index (κ1) is 9.39. The molecule has 0 aliphatic rings. The zero-order valence-corrected chi connectivity index (χ0v) is 9.78. The summed E-state index contributed by atoms with van der Waals surface area (Å²) in [6, 6.07) is 8.82. The Kier molecular flexibility index (Phi) is 4.30. The Labute approximate surface area is 81.5 Å². The minimum atomic E-state index is 0.390. The Morgan fingerprint density at radius 3 is 2.45 bits per heavy atom. The molecule has 0 saturated carbocycles. The quantitative estimate of drug-likeness (QED) is 0.548. The zero-order chi connectivity index (χ0) is 8.10. The van der Waals surface area contributed by atoms with Gasteiger partial charge in [0.1, 0.15) is 0 Å². The van der Waals surface area contributed by atoms with Crippen LogP contribution < -0.4 is 19.8 Å². The van der Waals surface area contributed by atoms with Crippen molar-refractivity contribution in [3.8, 4) is 0 Å². The third-order valence-electron chi connectivity index (χ3n) is 1.45. The van der Waals surface area contributed by atoms with Crippen LogP contribution in [0.1, 0.15) is 11.1 Å². The maximum atomic E-state index is 2.30. The molecule has 0 radical (unpaired) electrons. The summed E-state index contributed by atoms with van der Waals surface area (Å²) in [5.74, 6) is 1.20. The van der Waals surface area contributed by atoms with Gasteiger partial charge in [-0.15, -0.1) is 0 Å². The molecule has 0 aliphatic heterocycles. The second-order valence-corrected chi connectivity index (χ2v) is 7.72. The van der Waals surface area contributed by atoms with Crippen molar-refractivity contribution in [2.75, 3.05) is 4.93 Å². The SMILES string of the molecule is C[I-]SCc1ccc(C)cc1. The average molecular weight is 279 g/mol. The first-order valence-corrected chi connectivity index (χ1v) is 9.18. The third-order valence-corrected chi connectivity index (χ3v) is 4.91. The van der Waals surface area contributed by atoms with E-state index in [-0.39, 0.29) is 0 Å². The molecule has 1 aromatic rings. The predicted octanol–water partition coefficient (Wildman–Crippen LogP) is -0.138. The molecular formula is C9H12IS-. The normalized spacial score (nSPS) is 10.4. The van der Waals surface area contributed by atoms with Gasteiger partial charge in [0.15, 0.2) is 0 Å². The Hall–Kier alpha value is 0.300. The third kappa shape index (κ3) is 3.47. The van der Waals surface area contributed by atoms with E-state index in [0.29, 0.717) is 19.8 Å². The number of rotatable bonds is 3. The number of hydrogen-bond acceptors (Lipinski definition) is 1. The molecule has 0 atom stereocenters. The molecule has 0 fully saturated rings. The van der Waals surface area contributed by atoms with E-state index < -0.39 is 0 Å². The molecule has 0 aromatic heterocycles. The van der Waals surface area contributed by atoms with Gasteiger partial charge in [0.2, 0.25) is 0 Å². The van der Waals surface area contributed by atoms with Crippen LogP contribution in [-0.4, -0.2) is 4.93 Å². The van der Waals surface area contributed by atoms with Crippen LogP contribution in [0.4, 0.5) is 0 Å². The summed E-state index contributed by atoms with van der Waals surface area (Å²) in [6.07, 6.45) is 0. The second kappa shape index (κ2) is 5.04. The van der Waals surface area contributed by atoms with Crippen molar-refractivity contribution in [2.24, 2.45) is 0 Å². The number of alkyl halides is 1. The van der Waals surface area contributed by atoms with Gasteiger partial charge < -0.3 is 0 Å². The summed E-state index contributed by atoms with van der Waals surface area (Å²) in [5, 5.41) is 0. The number of halogens is 1. The first-order valence-electron chi connectivity index (χ1n) is 3.50. The van der Waals surface area contributed by atoms with Gasteiger partial charge in [0.25, 0.3) is 0 Å². The van der Waals surface area contributed by atoms with Gasteiger partial charge in [-0.25, -0.2) is 0 Å². The minimum absolute atomic E-state index is 0.390. The molecule has 62 valence electrons. The van der Waals surface area contributed by atoms with Crippen molar-refractivity contribution < 1.29 is 19.8 Å². The van der Waals surface area contributed by atoms with E-state index in [1.807, 2.05) is 0 Å². The van der Waals surface area contributed by atoms with E-state index in [1.165, 1.54) is 16.9 Å². The van der Waals surface area contributed by atoms with Crippen molar-refractivity contribution in [3.05, 3.63) is 35.4 Å². The molecule has 1 rings (SSSR count). The van der Waals surface area contributed by atoms with Crippen LogP contribution in [0.25, 0.3) is 0 Å². The Bertz CT molecular complexity index is 205. The average Bonchev–Trinajstić information content (AvgIpc) is 2.04. The molecule has 0 bridgehead atoms. The monoisotopic (exact) mass is 279 g/mol. The standard InChI is InChI=1S/C9H12IS/c1-8-3-5-9(6-4-8)7-11-10-2/h3-6H,7H2,1-2H3/q-1. The van der Waals surface area contributed by atoms with Crippen LogP contribution in [0.15, 0.2) is 24.3 Å². The van der Waals surface area contributed by atoms with E-state index in [1.54, 1.807) is 0 Å². The molecular weight excluding hydrogens is 267 g/mol. The Morgan fingerprint density at radius 1 is 1.27 bits per heavy atom. The van der Waals surface area contributed by atoms with Gasteiger partial charge in [-0.2, -0.15) is 0 Å². The summed E-state index contributed by atoms with van der Waals surface area (Å²) in [7, 11) is 2.08. The molecule has 0 unspecified atom stereocenters. The van der Waals surface area contributed by atoms with Gasteiger partial charge in [0.05, 0.1) is 0 Å². The van der Waals surface area contributed by atoms with Crippen LogP contribution in [-0.2, 0) is 5.75 Å². The first-order chi connectivity index (χ1) is 5.33. The van der Waals surface area contributed by atoms with Gasteiger partial charge in [-0.05, 0) is 0 Å². The molecule has 0 spiro atoms. The summed E-state index contributed by atoms with van der Waals surface area (Å²) in [4.78, 5) is 2.30. The molecule has 0 aliphatic carbocycles. The molecule has 0 amide bonds. The maximum absolute atomic E-state index is 2.30. The Balaban J connectivity index is 2.52. The van der Waals surface area contributed by atoms with Gasteiger partial charge in [0, 0.05) is 0 Å². The second-order valence-electron chi connectivity index (χ2n) is 2.39. The molecule has 11 heavy (non-hydrogen) atoms. The fourth-order valence-corrected chi connectivity index (χ4v) is 3.24. The van der Waals surface area contributed by atoms with Crippen molar-refractivity contribution in [1.82, 2.24) is 0 Å². The van der Waals surface area contributed by atoms with Gasteiger partial charge >= 0.3 is 81.8 Å². The number of hydrogen-bond donors (Lipinski definition) is 0. The van der Waals surface area contributed by atoms with Crippen LogP contribution in [0.2, 0.25) is 0 Å². The van der Waals surface area contributed by atoms with E-state index in [4.69, 9.17) is 0 Å². The summed E-state index contributed by atoms with van der Waals surface area (Å²) in [5.41, 5.74) is 2.81. The summed E-state index contributed by atoms with van der Waals surface area (Å²) in [6.45, 7) is 2.13. The van der Waals surface area contributed by atoms with Crippen LogP contribution in [0, 0.1) is 6.92 Å². The number of aryl methyl sites for hydroxylation is 1. The van der Waals surface area contributed by atoms with Gasteiger partial charge in [-0.1, -0.05) is 0 Å². The fourth-order valence-electron chi connectivity index (χ4n) is 0.802. The van der Waals surface area contributed by atoms with E-state index in [0.717, 1.165) is 0 Å². The van der Waals surface area contributed by atoms with E-state index >= 15 is 0 Å². The van der Waals surface area contributed by atoms with Crippen molar-refractivity contribution in [1.29, 1.82) is 0 Å². The van der Waals surface area contributed by atoms with E-state index in [9.17, 15) is 0 Å². The number of benzene rings is 1. The molecule has 2 heteroatoms. The molecule has 0 nitrogen and oxygen atoms in total. The van der Waals surface area contributed by atoms with Crippen LogP contribution in [0.5, 0.6) is 0 Å². The van der Waals surface area contributed by atoms with Gasteiger partial charge in [-0.3, -0.25) is 0 Å². The van der Waals surface area contributed by atoms with Crippen LogP contribution >= 0.6 is 8.93 Å².